The molecule has 2 N–H and O–H groups in total. The van der Waals surface area contributed by atoms with Gasteiger partial charge in [-0.1, -0.05) is 11.6 Å². The van der Waals surface area contributed by atoms with Gasteiger partial charge < -0.3 is 24.8 Å². The lowest BCUT2D eigenvalue weighted by atomic mass is 9.96. The Hall–Kier alpha value is -2.25. The molecule has 2 fully saturated rings. The van der Waals surface area contributed by atoms with E-state index in [0.29, 0.717) is 24.0 Å². The van der Waals surface area contributed by atoms with Crippen molar-refractivity contribution in [2.45, 2.75) is 44.8 Å². The van der Waals surface area contributed by atoms with Crippen LogP contribution in [0.3, 0.4) is 0 Å². The number of nitrogens with zero attached hydrogens (tertiary/aromatic N) is 3. The van der Waals surface area contributed by atoms with Crippen LogP contribution in [0.5, 0.6) is 11.5 Å². The Morgan fingerprint density at radius 1 is 1.17 bits per heavy atom. The van der Waals surface area contributed by atoms with Crippen molar-refractivity contribution in [1.82, 2.24) is 9.97 Å². The lowest BCUT2D eigenvalue weighted by Gasteiger charge is -2.32. The fraction of sp³-hybridized carbons (Fsp3) is 0.524. The Kier molecular flexibility index (Phi) is 5.96. The largest absolute Gasteiger partial charge is 0.493 e. The third kappa shape index (κ3) is 4.36. The highest BCUT2D eigenvalue weighted by atomic mass is 35.5. The summed E-state index contributed by atoms with van der Waals surface area (Å²) in [5, 5.41) is 0.613. The maximum Gasteiger partial charge on any atom is 0.222 e. The number of benzene rings is 1. The Morgan fingerprint density at radius 2 is 2.00 bits per heavy atom. The third-order valence-electron chi connectivity index (χ3n) is 5.48. The second kappa shape index (κ2) is 8.63. The van der Waals surface area contributed by atoms with Crippen LogP contribution in [0.25, 0.3) is 0 Å². The molecule has 1 atom stereocenters. The molecule has 1 unspecified atom stereocenters. The molecule has 1 aromatic carbocycles. The van der Waals surface area contributed by atoms with Crippen molar-refractivity contribution in [3.63, 3.8) is 0 Å². The smallest absolute Gasteiger partial charge is 0.222 e. The molecule has 29 heavy (non-hydrogen) atoms. The highest BCUT2D eigenvalue weighted by molar-refractivity contribution is 6.31. The van der Waals surface area contributed by atoms with Crippen molar-refractivity contribution in [2.75, 3.05) is 37.5 Å². The van der Waals surface area contributed by atoms with E-state index in [4.69, 9.17) is 31.5 Å². The Morgan fingerprint density at radius 3 is 2.69 bits per heavy atom. The summed E-state index contributed by atoms with van der Waals surface area (Å²) in [5.41, 5.74) is 7.67. The quantitative estimate of drug-likeness (QED) is 0.787. The van der Waals surface area contributed by atoms with E-state index in [2.05, 4.69) is 14.9 Å². The minimum absolute atomic E-state index is 0.117. The van der Waals surface area contributed by atoms with Gasteiger partial charge in [0.15, 0.2) is 11.5 Å². The van der Waals surface area contributed by atoms with Gasteiger partial charge in [0.1, 0.15) is 5.82 Å². The Bertz CT molecular complexity index is 855. The molecule has 2 heterocycles. The van der Waals surface area contributed by atoms with E-state index < -0.39 is 0 Å². The van der Waals surface area contributed by atoms with Gasteiger partial charge in [0.2, 0.25) is 5.95 Å². The molecule has 4 rings (SSSR count). The van der Waals surface area contributed by atoms with Gasteiger partial charge in [-0.2, -0.15) is 4.98 Å². The van der Waals surface area contributed by atoms with E-state index in [1.807, 2.05) is 25.1 Å². The number of nitrogens with two attached hydrogens (primary N) is 1. The lowest BCUT2D eigenvalue weighted by Crippen LogP contribution is -2.32. The van der Waals surface area contributed by atoms with Crippen LogP contribution < -0.4 is 20.1 Å². The summed E-state index contributed by atoms with van der Waals surface area (Å²) < 4.78 is 17.6. The highest BCUT2D eigenvalue weighted by Crippen LogP contribution is 2.41. The summed E-state index contributed by atoms with van der Waals surface area (Å²) in [5.74, 6) is 2.41. The van der Waals surface area contributed by atoms with Crippen LogP contribution in [0.4, 0.5) is 11.8 Å². The summed E-state index contributed by atoms with van der Waals surface area (Å²) in [6.07, 6.45) is 4.47. The molecule has 2 aliphatic rings. The van der Waals surface area contributed by atoms with Crippen molar-refractivity contribution in [3.8, 4) is 11.5 Å². The number of rotatable bonds is 5. The van der Waals surface area contributed by atoms with E-state index >= 15 is 0 Å². The number of ether oxygens (including phenoxy) is 3. The van der Waals surface area contributed by atoms with Gasteiger partial charge in [-0.15, -0.1) is 0 Å². The van der Waals surface area contributed by atoms with Crippen molar-refractivity contribution >= 4 is 23.4 Å². The molecule has 0 spiro atoms. The maximum absolute atomic E-state index is 6.69. The number of halogens is 1. The third-order valence-corrected chi connectivity index (χ3v) is 5.81. The van der Waals surface area contributed by atoms with Crippen LogP contribution in [-0.2, 0) is 4.74 Å². The summed E-state index contributed by atoms with van der Waals surface area (Å²) in [4.78, 5) is 10.9. The summed E-state index contributed by atoms with van der Waals surface area (Å²) in [7, 11) is 1.63. The molecule has 1 aliphatic carbocycles. The number of anilines is 2. The van der Waals surface area contributed by atoms with Gasteiger partial charge in [-0.05, 0) is 44.2 Å². The first-order valence-corrected chi connectivity index (χ1v) is 10.4. The Labute approximate surface area is 176 Å². The fourth-order valence-electron chi connectivity index (χ4n) is 3.76. The van der Waals surface area contributed by atoms with E-state index in [0.717, 1.165) is 48.6 Å². The number of hydrogen-bond donors (Lipinski definition) is 1. The molecule has 8 heteroatoms. The zero-order valence-electron chi connectivity index (χ0n) is 16.9. The van der Waals surface area contributed by atoms with E-state index in [9.17, 15) is 0 Å². The normalized spacial score (nSPS) is 20.1. The average Bonchev–Trinajstić information content (AvgIpc) is 2.90. The van der Waals surface area contributed by atoms with Crippen molar-refractivity contribution in [1.29, 1.82) is 0 Å². The molecule has 1 aromatic heterocycles. The molecule has 7 nitrogen and oxygen atoms in total. The van der Waals surface area contributed by atoms with Crippen LogP contribution in [0.2, 0.25) is 5.02 Å². The molecular formula is C21H27ClN4O3. The zero-order chi connectivity index (χ0) is 20.4. The SMILES string of the molecule is COc1cc(Cl)c(C2COCCCN2c2cc(C)nc(N)n2)cc1OC1CCC1. The molecule has 1 saturated carbocycles. The second-order valence-corrected chi connectivity index (χ2v) is 7.97. The Balaban J connectivity index is 1.73. The first-order chi connectivity index (χ1) is 14.0. The molecular weight excluding hydrogens is 392 g/mol. The first-order valence-electron chi connectivity index (χ1n) is 10.0. The standard InChI is InChI=1S/C21H27ClN4O3/c1-13-9-20(25-21(23)24-13)26-7-4-8-28-12-17(26)15-10-19(29-14-5-3-6-14)18(27-2)11-16(15)22/h9-11,14,17H,3-8,12H2,1-2H3,(H2,23,24,25). The molecule has 0 bridgehead atoms. The lowest BCUT2D eigenvalue weighted by molar-refractivity contribution is 0.115. The number of aryl methyl sites for hydroxylation is 1. The topological polar surface area (TPSA) is 82.7 Å². The predicted octanol–water partition coefficient (Wildman–Crippen LogP) is 3.93. The zero-order valence-corrected chi connectivity index (χ0v) is 17.6. The number of methoxy groups -OCH3 is 1. The van der Waals surface area contributed by atoms with E-state index in [-0.39, 0.29) is 18.1 Å². The van der Waals surface area contributed by atoms with E-state index in [1.165, 1.54) is 6.42 Å². The molecule has 0 amide bonds. The van der Waals surface area contributed by atoms with Crippen LogP contribution in [0, 0.1) is 6.92 Å². The molecule has 0 radical (unpaired) electrons. The number of nitrogen functional groups attached to an aromatic ring is 1. The summed E-state index contributed by atoms with van der Waals surface area (Å²) in [6.45, 7) is 3.88. The molecule has 1 aliphatic heterocycles. The predicted molar refractivity (Wildman–Crippen MR) is 113 cm³/mol. The van der Waals surface area contributed by atoms with Gasteiger partial charge >= 0.3 is 0 Å². The molecule has 2 aromatic rings. The molecule has 156 valence electrons. The van der Waals surface area contributed by atoms with Crippen LogP contribution >= 0.6 is 11.6 Å². The van der Waals surface area contributed by atoms with Gasteiger partial charge in [-0.3, -0.25) is 0 Å². The average molecular weight is 419 g/mol. The van der Waals surface area contributed by atoms with Gasteiger partial charge in [0, 0.05) is 36.0 Å². The van der Waals surface area contributed by atoms with Crippen molar-refractivity contribution in [3.05, 3.63) is 34.5 Å². The first kappa shape index (κ1) is 20.0. The van der Waals surface area contributed by atoms with Crippen LogP contribution in [0.15, 0.2) is 18.2 Å². The van der Waals surface area contributed by atoms with E-state index in [1.54, 1.807) is 7.11 Å². The van der Waals surface area contributed by atoms with Crippen molar-refractivity contribution in [2.24, 2.45) is 0 Å². The number of hydrogen-bond acceptors (Lipinski definition) is 7. The minimum atomic E-state index is -0.117. The minimum Gasteiger partial charge on any atom is -0.493 e. The number of aromatic nitrogens is 2. The summed E-state index contributed by atoms with van der Waals surface area (Å²) in [6, 6.07) is 5.64. The van der Waals surface area contributed by atoms with Gasteiger partial charge in [0.05, 0.1) is 25.9 Å². The second-order valence-electron chi connectivity index (χ2n) is 7.56. The monoisotopic (exact) mass is 418 g/mol. The van der Waals surface area contributed by atoms with Crippen LogP contribution in [-0.4, -0.2) is 42.9 Å². The van der Waals surface area contributed by atoms with Gasteiger partial charge in [-0.25, -0.2) is 4.98 Å². The molecule has 1 saturated heterocycles. The summed E-state index contributed by atoms with van der Waals surface area (Å²) >= 11 is 6.69. The maximum atomic E-state index is 6.69. The van der Waals surface area contributed by atoms with Crippen molar-refractivity contribution < 1.29 is 14.2 Å². The highest BCUT2D eigenvalue weighted by Gasteiger charge is 2.29. The van der Waals surface area contributed by atoms with Gasteiger partial charge in [0.25, 0.3) is 0 Å². The fourth-order valence-corrected chi connectivity index (χ4v) is 4.04. The van der Waals surface area contributed by atoms with Crippen LogP contribution in [0.1, 0.15) is 43.0 Å².